The van der Waals surface area contributed by atoms with Crippen molar-refractivity contribution in [3.63, 3.8) is 0 Å². The third kappa shape index (κ3) is 2.79. The molecule has 3 aromatic carbocycles. The molecule has 6 nitrogen and oxygen atoms in total. The minimum absolute atomic E-state index is 0.0556. The van der Waals surface area contributed by atoms with Crippen molar-refractivity contribution < 1.29 is 28.3 Å². The lowest BCUT2D eigenvalue weighted by Crippen LogP contribution is -2.51. The Kier molecular flexibility index (Phi) is 4.63. The summed E-state index contributed by atoms with van der Waals surface area (Å²) >= 11 is 0. The number of anilines is 1. The lowest BCUT2D eigenvalue weighted by Gasteiger charge is -2.27. The van der Waals surface area contributed by atoms with Gasteiger partial charge in [0.05, 0.1) is 23.6 Å². The van der Waals surface area contributed by atoms with E-state index in [0.717, 1.165) is 23.0 Å². The molecule has 2 saturated heterocycles. The van der Waals surface area contributed by atoms with E-state index in [0.29, 0.717) is 5.56 Å². The van der Waals surface area contributed by atoms with Gasteiger partial charge in [-0.05, 0) is 35.7 Å². The summed E-state index contributed by atoms with van der Waals surface area (Å²) in [4.78, 5) is 55.8. The monoisotopic (exact) mass is 469 g/mol. The number of rotatable bonds is 3. The Labute approximate surface area is 200 Å². The fraction of sp³-hybridized carbons (Fsp3) is 0.214. The second-order valence-corrected chi connectivity index (χ2v) is 9.07. The molecule has 3 aromatic rings. The van der Waals surface area contributed by atoms with Gasteiger partial charge in [0.2, 0.25) is 29.0 Å². The maximum Gasteiger partial charge on any atom is 0.241 e. The Morgan fingerprint density at radius 3 is 2.11 bits per heavy atom. The van der Waals surface area contributed by atoms with Crippen molar-refractivity contribution in [2.45, 2.75) is 25.0 Å². The summed E-state index contributed by atoms with van der Waals surface area (Å²) in [6, 6.07) is 18.8. The first-order valence-electron chi connectivity index (χ1n) is 11.5. The molecule has 0 aromatic heterocycles. The Balaban J connectivity index is 1.53. The van der Waals surface area contributed by atoms with Gasteiger partial charge >= 0.3 is 0 Å². The average molecular weight is 469 g/mol. The number of Topliss-reactive ketones (excluding diaryl/α,β-unsaturated/α-hetero) is 2. The zero-order chi connectivity index (χ0) is 24.5. The molecule has 7 heteroatoms. The minimum atomic E-state index is -2.14. The summed E-state index contributed by atoms with van der Waals surface area (Å²) in [6.07, 6.45) is -0.193. The first kappa shape index (κ1) is 21.6. The summed E-state index contributed by atoms with van der Waals surface area (Å²) < 4.78 is 20.2. The largest absolute Gasteiger partial charge is 0.349 e. The predicted octanol–water partition coefficient (Wildman–Crippen LogP) is 4.08. The number of fused-ring (bicyclic) bond motifs is 3. The molecule has 3 aliphatic rings. The van der Waals surface area contributed by atoms with Gasteiger partial charge in [0.15, 0.2) is 0 Å². The van der Waals surface area contributed by atoms with E-state index in [1.807, 2.05) is 19.1 Å². The SMILES string of the molecule is CCc1ccc([C@H]2OC3(C(=O)c4ccccc4C3=O)[C@H]3C(=O)N(c4cccc(F)c4)C(=O)[C@H]23)cc1. The zero-order valence-corrected chi connectivity index (χ0v) is 18.7. The lowest BCUT2D eigenvalue weighted by atomic mass is 9.77. The highest BCUT2D eigenvalue weighted by molar-refractivity contribution is 6.37. The number of aryl methyl sites for hydroxylation is 1. The van der Waals surface area contributed by atoms with Crippen molar-refractivity contribution in [1.82, 2.24) is 0 Å². The number of amides is 2. The molecule has 35 heavy (non-hydrogen) atoms. The molecule has 0 radical (unpaired) electrons. The molecule has 174 valence electrons. The molecule has 0 saturated carbocycles. The van der Waals surface area contributed by atoms with E-state index in [9.17, 15) is 23.6 Å². The van der Waals surface area contributed by atoms with Gasteiger partial charge in [-0.15, -0.1) is 0 Å². The van der Waals surface area contributed by atoms with Crippen LogP contribution in [0.4, 0.5) is 10.1 Å². The quantitative estimate of drug-likeness (QED) is 0.427. The smallest absolute Gasteiger partial charge is 0.241 e. The number of hydrogen-bond donors (Lipinski definition) is 0. The number of carbonyl (C=O) groups excluding carboxylic acids is 4. The third-order valence-corrected chi connectivity index (χ3v) is 7.30. The number of ketones is 2. The van der Waals surface area contributed by atoms with Crippen LogP contribution in [-0.4, -0.2) is 29.0 Å². The van der Waals surface area contributed by atoms with Crippen molar-refractivity contribution in [3.05, 3.63) is 101 Å². The second-order valence-electron chi connectivity index (χ2n) is 9.07. The topological polar surface area (TPSA) is 80.8 Å². The van der Waals surface area contributed by atoms with Gasteiger partial charge in [0.1, 0.15) is 5.82 Å². The Morgan fingerprint density at radius 1 is 0.857 bits per heavy atom. The van der Waals surface area contributed by atoms with Gasteiger partial charge in [0, 0.05) is 11.1 Å². The molecule has 2 amide bonds. The van der Waals surface area contributed by atoms with E-state index in [1.54, 1.807) is 24.3 Å². The number of carbonyl (C=O) groups is 4. The molecule has 2 heterocycles. The number of benzene rings is 3. The van der Waals surface area contributed by atoms with Crippen LogP contribution in [0.25, 0.3) is 0 Å². The van der Waals surface area contributed by atoms with Crippen LogP contribution in [0.1, 0.15) is 44.9 Å². The second kappa shape index (κ2) is 7.52. The highest BCUT2D eigenvalue weighted by Gasteiger charge is 2.74. The van der Waals surface area contributed by atoms with Gasteiger partial charge in [-0.1, -0.05) is 61.5 Å². The molecular weight excluding hydrogens is 449 g/mol. The van der Waals surface area contributed by atoms with E-state index in [-0.39, 0.29) is 16.8 Å². The van der Waals surface area contributed by atoms with Crippen LogP contribution >= 0.6 is 0 Å². The summed E-state index contributed by atoms with van der Waals surface area (Å²) in [6.45, 7) is 2.01. The molecule has 3 atom stereocenters. The van der Waals surface area contributed by atoms with Crippen LogP contribution in [0, 0.1) is 17.7 Å². The van der Waals surface area contributed by atoms with E-state index in [1.165, 1.54) is 30.3 Å². The fourth-order valence-corrected chi connectivity index (χ4v) is 5.63. The van der Waals surface area contributed by atoms with Crippen LogP contribution in [0.3, 0.4) is 0 Å². The summed E-state index contributed by atoms with van der Waals surface area (Å²) in [5, 5.41) is 0. The summed E-state index contributed by atoms with van der Waals surface area (Å²) in [5.74, 6) is -5.69. The Hall–Kier alpha value is -3.97. The van der Waals surface area contributed by atoms with E-state index in [2.05, 4.69) is 0 Å². The summed E-state index contributed by atoms with van der Waals surface area (Å²) in [5.41, 5.74) is -0.0935. The molecule has 0 unspecified atom stereocenters. The number of hydrogen-bond acceptors (Lipinski definition) is 5. The minimum Gasteiger partial charge on any atom is -0.349 e. The number of nitrogens with zero attached hydrogens (tertiary/aromatic N) is 1. The maximum atomic E-state index is 14.0. The van der Waals surface area contributed by atoms with Crippen molar-refractivity contribution in [1.29, 1.82) is 0 Å². The van der Waals surface area contributed by atoms with Gasteiger partial charge in [-0.2, -0.15) is 0 Å². The van der Waals surface area contributed by atoms with Crippen LogP contribution in [-0.2, 0) is 20.7 Å². The van der Waals surface area contributed by atoms with Crippen LogP contribution < -0.4 is 4.90 Å². The molecule has 0 N–H and O–H groups in total. The first-order chi connectivity index (χ1) is 16.9. The van der Waals surface area contributed by atoms with Crippen molar-refractivity contribution in [2.24, 2.45) is 11.8 Å². The summed E-state index contributed by atoms with van der Waals surface area (Å²) in [7, 11) is 0. The van der Waals surface area contributed by atoms with Crippen LogP contribution in [0.5, 0.6) is 0 Å². The Bertz CT molecular complexity index is 1390. The predicted molar refractivity (Wildman–Crippen MR) is 123 cm³/mol. The third-order valence-electron chi connectivity index (χ3n) is 7.30. The van der Waals surface area contributed by atoms with Gasteiger partial charge in [0.25, 0.3) is 0 Å². The first-order valence-corrected chi connectivity index (χ1v) is 11.5. The number of imide groups is 1. The lowest BCUT2D eigenvalue weighted by molar-refractivity contribution is -0.127. The van der Waals surface area contributed by atoms with Crippen molar-refractivity contribution >= 4 is 29.1 Å². The average Bonchev–Trinajstić information content (AvgIpc) is 3.44. The molecule has 2 aliphatic heterocycles. The Morgan fingerprint density at radius 2 is 1.51 bits per heavy atom. The normalized spacial score (nSPS) is 24.4. The van der Waals surface area contributed by atoms with Gasteiger partial charge in [-0.3, -0.25) is 19.2 Å². The molecule has 6 rings (SSSR count). The van der Waals surface area contributed by atoms with Crippen LogP contribution in [0.15, 0.2) is 72.8 Å². The highest BCUT2D eigenvalue weighted by atomic mass is 19.1. The molecule has 1 aliphatic carbocycles. The molecule has 0 bridgehead atoms. The number of ether oxygens (including phenoxy) is 1. The highest BCUT2D eigenvalue weighted by Crippen LogP contribution is 2.57. The standard InChI is InChI=1S/C28H20FNO5/c1-2-15-10-12-16(13-11-15)23-21-22(27(34)30(26(21)33)18-7-5-6-17(29)14-18)28(35-23)24(31)19-8-3-4-9-20(19)25(28)32/h3-14,21-23H,2H2,1H3/t21-,22+,23+/m0/s1. The van der Waals surface area contributed by atoms with Crippen molar-refractivity contribution in [3.8, 4) is 0 Å². The fourth-order valence-electron chi connectivity index (χ4n) is 5.63. The maximum absolute atomic E-state index is 14.0. The van der Waals surface area contributed by atoms with E-state index < -0.39 is 52.7 Å². The molecule has 2 fully saturated rings. The van der Waals surface area contributed by atoms with Gasteiger partial charge < -0.3 is 4.74 Å². The number of halogens is 1. The van der Waals surface area contributed by atoms with E-state index >= 15 is 0 Å². The van der Waals surface area contributed by atoms with Gasteiger partial charge in [-0.25, -0.2) is 9.29 Å². The molecular formula is C28H20FNO5. The van der Waals surface area contributed by atoms with Crippen LogP contribution in [0.2, 0.25) is 0 Å². The van der Waals surface area contributed by atoms with E-state index in [4.69, 9.17) is 4.74 Å². The zero-order valence-electron chi connectivity index (χ0n) is 18.7. The van der Waals surface area contributed by atoms with Crippen molar-refractivity contribution in [2.75, 3.05) is 4.90 Å². The molecule has 1 spiro atoms.